The summed E-state index contributed by atoms with van der Waals surface area (Å²) in [7, 11) is 0. The number of hydrogen-bond acceptors (Lipinski definition) is 4. The van der Waals surface area contributed by atoms with Gasteiger partial charge < -0.3 is 10.1 Å². The molecule has 0 atom stereocenters. The summed E-state index contributed by atoms with van der Waals surface area (Å²) in [6, 6.07) is 18.4. The average molecular weight is 370 g/mol. The number of aromatic amines is 1. The summed E-state index contributed by atoms with van der Waals surface area (Å²) in [5.74, 6) is 0.0396. The Balaban J connectivity index is 1.35. The van der Waals surface area contributed by atoms with Crippen molar-refractivity contribution in [3.63, 3.8) is 0 Å². The van der Waals surface area contributed by atoms with E-state index in [1.807, 2.05) is 30.3 Å². The lowest BCUT2D eigenvalue weighted by Gasteiger charge is -2.14. The topological polar surface area (TPSA) is 90.8 Å². The van der Waals surface area contributed by atoms with Crippen molar-refractivity contribution in [2.45, 2.75) is 5.92 Å². The smallest absolute Gasteiger partial charge is 0.407 e. The number of nitrogens with one attached hydrogen (secondary N) is 2. The van der Waals surface area contributed by atoms with E-state index in [-0.39, 0.29) is 12.5 Å². The van der Waals surface area contributed by atoms with Crippen LogP contribution in [0.4, 0.5) is 4.79 Å². The van der Waals surface area contributed by atoms with Gasteiger partial charge in [-0.25, -0.2) is 4.79 Å². The van der Waals surface area contributed by atoms with Gasteiger partial charge in [-0.2, -0.15) is 10.4 Å². The van der Waals surface area contributed by atoms with E-state index in [0.717, 1.165) is 0 Å². The number of nitriles is 1. The number of alkyl carbamates (subject to hydrolysis) is 1. The molecule has 0 bridgehead atoms. The van der Waals surface area contributed by atoms with Gasteiger partial charge in [0.25, 0.3) is 0 Å². The van der Waals surface area contributed by atoms with Crippen LogP contribution in [0.2, 0.25) is 0 Å². The molecule has 0 radical (unpaired) electrons. The summed E-state index contributed by atoms with van der Waals surface area (Å²) in [5.41, 5.74) is 5.82. The number of amides is 1. The highest BCUT2D eigenvalue weighted by molar-refractivity contribution is 5.79. The Bertz CT molecular complexity index is 1030. The van der Waals surface area contributed by atoms with Gasteiger partial charge in [0.2, 0.25) is 0 Å². The molecule has 0 unspecified atom stereocenters. The lowest BCUT2D eigenvalue weighted by Crippen LogP contribution is -2.26. The number of ether oxygens (including phenoxy) is 1. The fourth-order valence-electron chi connectivity index (χ4n) is 3.49. The van der Waals surface area contributed by atoms with Gasteiger partial charge in [0.1, 0.15) is 18.4 Å². The average Bonchev–Trinajstić information content (AvgIpc) is 3.32. The summed E-state index contributed by atoms with van der Waals surface area (Å²) in [5, 5.41) is 18.0. The minimum atomic E-state index is -0.473. The molecule has 2 aromatic carbocycles. The molecule has 1 aliphatic carbocycles. The minimum Gasteiger partial charge on any atom is -0.449 e. The lowest BCUT2D eigenvalue weighted by molar-refractivity contribution is 0.144. The maximum Gasteiger partial charge on any atom is 0.407 e. The van der Waals surface area contributed by atoms with Crippen LogP contribution in [0.3, 0.4) is 0 Å². The van der Waals surface area contributed by atoms with Crippen molar-refractivity contribution in [1.29, 1.82) is 5.26 Å². The third kappa shape index (κ3) is 3.38. The van der Waals surface area contributed by atoms with Gasteiger partial charge in [-0.1, -0.05) is 60.7 Å². The Morgan fingerprint density at radius 2 is 1.86 bits per heavy atom. The largest absolute Gasteiger partial charge is 0.449 e. The Hall–Kier alpha value is -3.85. The van der Waals surface area contributed by atoms with Crippen molar-refractivity contribution < 1.29 is 9.53 Å². The number of rotatable bonds is 5. The molecule has 0 aliphatic heterocycles. The van der Waals surface area contributed by atoms with Gasteiger partial charge in [0.15, 0.2) is 0 Å². The fourth-order valence-corrected chi connectivity index (χ4v) is 3.49. The standard InChI is InChI=1S/C22H18N4O2/c23-12-21-15(13-25-26-21)6-5-11-24-22(27)28-14-20-18-9-3-1-7-16(18)17-8-2-4-10-19(17)20/h1-10,13,20H,11,14H2,(H,24,27)(H,25,26). The Labute approximate surface area is 162 Å². The Morgan fingerprint density at radius 1 is 1.18 bits per heavy atom. The van der Waals surface area contributed by atoms with E-state index in [2.05, 4.69) is 39.8 Å². The first-order valence-electron chi connectivity index (χ1n) is 8.97. The maximum atomic E-state index is 12.1. The van der Waals surface area contributed by atoms with E-state index in [4.69, 9.17) is 10.00 Å². The number of benzene rings is 2. The first-order valence-corrected chi connectivity index (χ1v) is 8.97. The van der Waals surface area contributed by atoms with E-state index >= 15 is 0 Å². The molecule has 6 nitrogen and oxygen atoms in total. The number of hydrogen-bond donors (Lipinski definition) is 2. The highest BCUT2D eigenvalue weighted by Crippen LogP contribution is 2.44. The number of H-pyrrole nitrogens is 1. The fraction of sp³-hybridized carbons (Fsp3) is 0.136. The molecule has 0 saturated carbocycles. The van der Waals surface area contributed by atoms with Crippen LogP contribution >= 0.6 is 0 Å². The molecular weight excluding hydrogens is 352 g/mol. The maximum absolute atomic E-state index is 12.1. The van der Waals surface area contributed by atoms with Crippen LogP contribution in [0, 0.1) is 11.3 Å². The van der Waals surface area contributed by atoms with Crippen LogP contribution in [0.1, 0.15) is 28.3 Å². The van der Waals surface area contributed by atoms with Crippen molar-refractivity contribution in [2.24, 2.45) is 0 Å². The lowest BCUT2D eigenvalue weighted by atomic mass is 9.98. The first kappa shape index (κ1) is 17.6. The molecule has 1 aromatic heterocycles. The predicted octanol–water partition coefficient (Wildman–Crippen LogP) is 3.83. The van der Waals surface area contributed by atoms with E-state index in [0.29, 0.717) is 17.8 Å². The summed E-state index contributed by atoms with van der Waals surface area (Å²) in [6.45, 7) is 0.580. The molecule has 28 heavy (non-hydrogen) atoms. The highest BCUT2D eigenvalue weighted by Gasteiger charge is 2.28. The second-order valence-corrected chi connectivity index (χ2v) is 6.42. The summed E-state index contributed by atoms with van der Waals surface area (Å²) in [6.07, 6.45) is 4.56. The third-order valence-corrected chi connectivity index (χ3v) is 4.79. The van der Waals surface area contributed by atoms with Gasteiger partial charge in [-0.05, 0) is 22.3 Å². The Morgan fingerprint density at radius 3 is 2.54 bits per heavy atom. The molecule has 3 aromatic rings. The summed E-state index contributed by atoms with van der Waals surface area (Å²) in [4.78, 5) is 12.1. The number of nitrogens with zero attached hydrogens (tertiary/aromatic N) is 2. The first-order chi connectivity index (χ1) is 13.8. The van der Waals surface area contributed by atoms with E-state index in [1.165, 1.54) is 22.3 Å². The van der Waals surface area contributed by atoms with Crippen molar-refractivity contribution >= 4 is 12.2 Å². The SMILES string of the molecule is N#Cc1[nH]ncc1C=CCNC(=O)OCC1c2ccccc2-c2ccccc21. The van der Waals surface area contributed by atoms with Gasteiger partial charge >= 0.3 is 6.09 Å². The molecule has 0 fully saturated rings. The zero-order valence-electron chi connectivity index (χ0n) is 15.1. The third-order valence-electron chi connectivity index (χ3n) is 4.79. The number of fused-ring (bicyclic) bond motifs is 3. The van der Waals surface area contributed by atoms with Gasteiger partial charge in [0, 0.05) is 18.0 Å². The number of carbonyl (C=O) groups is 1. The molecule has 6 heteroatoms. The summed E-state index contributed by atoms with van der Waals surface area (Å²) >= 11 is 0. The molecule has 0 saturated heterocycles. The van der Waals surface area contributed by atoms with Crippen molar-refractivity contribution in [1.82, 2.24) is 15.5 Å². The van der Waals surface area contributed by atoms with Crippen molar-refractivity contribution in [3.8, 4) is 17.2 Å². The van der Waals surface area contributed by atoms with Crippen LogP contribution in [-0.4, -0.2) is 29.4 Å². The van der Waals surface area contributed by atoms with Gasteiger partial charge in [-0.3, -0.25) is 5.10 Å². The molecule has 1 aliphatic rings. The molecule has 4 rings (SSSR count). The summed E-state index contributed by atoms with van der Waals surface area (Å²) < 4.78 is 5.47. The number of aromatic nitrogens is 2. The van der Waals surface area contributed by atoms with Gasteiger partial charge in [0.05, 0.1) is 6.20 Å². The molecule has 1 amide bonds. The van der Waals surface area contributed by atoms with Crippen LogP contribution in [0.15, 0.2) is 60.8 Å². The number of carbonyl (C=O) groups excluding carboxylic acids is 1. The second-order valence-electron chi connectivity index (χ2n) is 6.42. The molecule has 138 valence electrons. The Kier molecular flexibility index (Phi) is 4.89. The van der Waals surface area contributed by atoms with Crippen LogP contribution < -0.4 is 5.32 Å². The predicted molar refractivity (Wildman–Crippen MR) is 105 cm³/mol. The quantitative estimate of drug-likeness (QED) is 0.714. The monoisotopic (exact) mass is 370 g/mol. The van der Waals surface area contributed by atoms with E-state index in [1.54, 1.807) is 18.3 Å². The van der Waals surface area contributed by atoms with E-state index in [9.17, 15) is 4.79 Å². The normalized spacial score (nSPS) is 12.4. The van der Waals surface area contributed by atoms with E-state index < -0.39 is 6.09 Å². The van der Waals surface area contributed by atoms with Crippen molar-refractivity contribution in [3.05, 3.63) is 83.2 Å². The second kappa shape index (κ2) is 7.80. The zero-order valence-corrected chi connectivity index (χ0v) is 15.1. The molecular formula is C22H18N4O2. The zero-order chi connectivity index (χ0) is 19.3. The molecule has 0 spiro atoms. The van der Waals surface area contributed by atoms with Crippen LogP contribution in [0.25, 0.3) is 17.2 Å². The van der Waals surface area contributed by atoms with Crippen LogP contribution in [0.5, 0.6) is 0 Å². The molecule has 2 N–H and O–H groups in total. The van der Waals surface area contributed by atoms with Crippen LogP contribution in [-0.2, 0) is 4.74 Å². The minimum absolute atomic E-state index is 0.0396. The van der Waals surface area contributed by atoms with Gasteiger partial charge in [-0.15, -0.1) is 0 Å². The molecule has 1 heterocycles. The highest BCUT2D eigenvalue weighted by atomic mass is 16.5. The van der Waals surface area contributed by atoms with Crippen molar-refractivity contribution in [2.75, 3.05) is 13.2 Å².